The molecule has 2 atom stereocenters. The minimum atomic E-state index is -3.49. The molecule has 1 fully saturated rings. The highest BCUT2D eigenvalue weighted by Gasteiger charge is 2.28. The van der Waals surface area contributed by atoms with Crippen LogP contribution in [0.4, 0.5) is 0 Å². The van der Waals surface area contributed by atoms with E-state index in [-0.39, 0.29) is 17.5 Å². The van der Waals surface area contributed by atoms with E-state index in [0.29, 0.717) is 10.8 Å². The van der Waals surface area contributed by atoms with Gasteiger partial charge in [-0.15, -0.1) is 11.3 Å². The van der Waals surface area contributed by atoms with E-state index in [4.69, 9.17) is 5.11 Å². The molecule has 1 aliphatic rings. The van der Waals surface area contributed by atoms with Crippen molar-refractivity contribution in [2.24, 2.45) is 5.92 Å². The van der Waals surface area contributed by atoms with E-state index in [1.807, 2.05) is 0 Å². The van der Waals surface area contributed by atoms with E-state index in [9.17, 15) is 8.42 Å². The third-order valence-corrected chi connectivity index (χ3v) is 6.17. The van der Waals surface area contributed by atoms with Crippen molar-refractivity contribution in [1.29, 1.82) is 0 Å². The average molecular weight is 289 g/mol. The van der Waals surface area contributed by atoms with Crippen LogP contribution < -0.4 is 4.72 Å². The molecule has 1 saturated carbocycles. The highest BCUT2D eigenvalue weighted by molar-refractivity contribution is 7.89. The number of nitrogens with one attached hydrogen (secondary N) is 1. The lowest BCUT2D eigenvalue weighted by Gasteiger charge is -2.29. The van der Waals surface area contributed by atoms with Gasteiger partial charge in [-0.25, -0.2) is 13.1 Å². The highest BCUT2D eigenvalue weighted by atomic mass is 32.2. The van der Waals surface area contributed by atoms with Crippen LogP contribution in [0.1, 0.15) is 37.5 Å². The third kappa shape index (κ3) is 2.93. The molecule has 0 radical (unpaired) electrons. The molecule has 1 aromatic rings. The Labute approximate surface area is 112 Å². The zero-order chi connectivity index (χ0) is 13.2. The van der Waals surface area contributed by atoms with Crippen LogP contribution in [0, 0.1) is 5.92 Å². The van der Waals surface area contributed by atoms with Gasteiger partial charge in [-0.1, -0.05) is 19.8 Å². The summed E-state index contributed by atoms with van der Waals surface area (Å²) in [6.45, 7) is 1.86. The van der Waals surface area contributed by atoms with Gasteiger partial charge in [0.2, 0.25) is 10.0 Å². The molecule has 0 bridgehead atoms. The molecule has 0 spiro atoms. The number of rotatable bonds is 4. The lowest BCUT2D eigenvalue weighted by atomic mass is 9.87. The first-order valence-electron chi connectivity index (χ1n) is 6.24. The quantitative estimate of drug-likeness (QED) is 0.892. The van der Waals surface area contributed by atoms with E-state index in [0.717, 1.165) is 19.3 Å². The lowest BCUT2D eigenvalue weighted by Crippen LogP contribution is -2.41. The Morgan fingerprint density at radius 1 is 1.44 bits per heavy atom. The third-order valence-electron chi connectivity index (χ3n) is 3.56. The number of thiophene rings is 1. The molecular weight excluding hydrogens is 270 g/mol. The van der Waals surface area contributed by atoms with Crippen LogP contribution in [-0.2, 0) is 16.6 Å². The largest absolute Gasteiger partial charge is 0.391 e. The summed E-state index contributed by atoms with van der Waals surface area (Å²) >= 11 is 1.27. The molecule has 1 aliphatic carbocycles. The van der Waals surface area contributed by atoms with Crippen molar-refractivity contribution in [2.75, 3.05) is 0 Å². The Balaban J connectivity index is 2.16. The highest BCUT2D eigenvalue weighted by Crippen LogP contribution is 2.27. The van der Waals surface area contributed by atoms with Crippen LogP contribution >= 0.6 is 11.3 Å². The Morgan fingerprint density at radius 2 is 2.17 bits per heavy atom. The van der Waals surface area contributed by atoms with Crippen molar-refractivity contribution in [2.45, 2.75) is 50.2 Å². The zero-order valence-corrected chi connectivity index (χ0v) is 12.1. The number of hydrogen-bond acceptors (Lipinski definition) is 4. The predicted molar refractivity (Wildman–Crippen MR) is 72.0 cm³/mol. The van der Waals surface area contributed by atoms with Crippen LogP contribution in [0.15, 0.2) is 16.3 Å². The second-order valence-corrected chi connectivity index (χ2v) is 7.54. The second kappa shape index (κ2) is 5.69. The maximum atomic E-state index is 12.3. The molecule has 2 rings (SSSR count). The minimum absolute atomic E-state index is 0.0233. The van der Waals surface area contributed by atoms with E-state index < -0.39 is 10.0 Å². The summed E-state index contributed by atoms with van der Waals surface area (Å²) in [4.78, 5) is 0.735. The average Bonchev–Trinajstić information content (AvgIpc) is 2.81. The normalized spacial score (nSPS) is 25.2. The first kappa shape index (κ1) is 14.0. The lowest BCUT2D eigenvalue weighted by molar-refractivity contribution is 0.282. The molecule has 6 heteroatoms. The summed E-state index contributed by atoms with van der Waals surface area (Å²) in [5.74, 6) is 0.379. The molecule has 2 unspecified atom stereocenters. The summed E-state index contributed by atoms with van der Waals surface area (Å²) in [5.41, 5.74) is 0. The summed E-state index contributed by atoms with van der Waals surface area (Å²) in [6.07, 6.45) is 4.23. The van der Waals surface area contributed by atoms with Crippen LogP contribution in [0.5, 0.6) is 0 Å². The molecule has 18 heavy (non-hydrogen) atoms. The van der Waals surface area contributed by atoms with Gasteiger partial charge in [0, 0.05) is 10.9 Å². The first-order chi connectivity index (χ1) is 8.54. The molecule has 4 nitrogen and oxygen atoms in total. The van der Waals surface area contributed by atoms with Crippen LogP contribution in [0.2, 0.25) is 0 Å². The topological polar surface area (TPSA) is 66.4 Å². The molecule has 0 amide bonds. The fourth-order valence-corrected chi connectivity index (χ4v) is 5.11. The monoisotopic (exact) mass is 289 g/mol. The molecule has 1 aromatic heterocycles. The first-order valence-corrected chi connectivity index (χ1v) is 8.60. The molecule has 1 heterocycles. The molecule has 0 aliphatic heterocycles. The maximum Gasteiger partial charge on any atom is 0.242 e. The van der Waals surface area contributed by atoms with Gasteiger partial charge < -0.3 is 5.11 Å². The predicted octanol–water partition coefficient (Wildman–Crippen LogP) is 2.10. The Bertz CT molecular complexity index is 495. The van der Waals surface area contributed by atoms with Crippen molar-refractivity contribution in [3.63, 3.8) is 0 Å². The van der Waals surface area contributed by atoms with Crippen LogP contribution in [0.25, 0.3) is 0 Å². The van der Waals surface area contributed by atoms with Gasteiger partial charge in [-0.3, -0.25) is 0 Å². The van der Waals surface area contributed by atoms with Crippen LogP contribution in [-0.4, -0.2) is 19.6 Å². The second-order valence-electron chi connectivity index (χ2n) is 4.86. The van der Waals surface area contributed by atoms with Gasteiger partial charge >= 0.3 is 0 Å². The van der Waals surface area contributed by atoms with Crippen molar-refractivity contribution in [3.8, 4) is 0 Å². The molecular formula is C12H19NO3S2. The van der Waals surface area contributed by atoms with Crippen molar-refractivity contribution < 1.29 is 13.5 Å². The Hall–Kier alpha value is -0.430. The number of sulfonamides is 1. The van der Waals surface area contributed by atoms with Crippen LogP contribution in [0.3, 0.4) is 0 Å². The van der Waals surface area contributed by atoms with Crippen molar-refractivity contribution >= 4 is 21.4 Å². The summed E-state index contributed by atoms with van der Waals surface area (Å²) in [7, 11) is -3.49. The standard InChI is InChI=1S/C12H19NO3S2/c1-9-4-2-3-5-10(9)13-18(15,16)12-6-7-17-11(12)8-14/h6-7,9-10,13-14H,2-5,8H2,1H3. The van der Waals surface area contributed by atoms with Gasteiger partial charge in [-0.05, 0) is 30.2 Å². The summed E-state index contributed by atoms with van der Waals surface area (Å²) < 4.78 is 27.3. The van der Waals surface area contributed by atoms with E-state index >= 15 is 0 Å². The van der Waals surface area contributed by atoms with Gasteiger partial charge in [0.25, 0.3) is 0 Å². The Kier molecular flexibility index (Phi) is 4.42. The van der Waals surface area contributed by atoms with Gasteiger partial charge in [0.15, 0.2) is 0 Å². The van der Waals surface area contributed by atoms with Gasteiger partial charge in [0.05, 0.1) is 11.5 Å². The van der Waals surface area contributed by atoms with E-state index in [2.05, 4.69) is 11.6 Å². The Morgan fingerprint density at radius 3 is 2.83 bits per heavy atom. The fraction of sp³-hybridized carbons (Fsp3) is 0.667. The summed E-state index contributed by atoms with van der Waals surface area (Å²) in [5, 5.41) is 10.8. The molecule has 102 valence electrons. The fourth-order valence-electron chi connectivity index (χ4n) is 2.44. The SMILES string of the molecule is CC1CCCCC1NS(=O)(=O)c1ccsc1CO. The van der Waals surface area contributed by atoms with Gasteiger partial charge in [0.1, 0.15) is 0 Å². The maximum absolute atomic E-state index is 12.3. The van der Waals surface area contributed by atoms with Crippen molar-refractivity contribution in [1.82, 2.24) is 4.72 Å². The molecule has 2 N–H and O–H groups in total. The molecule has 0 aromatic carbocycles. The number of hydrogen-bond donors (Lipinski definition) is 2. The minimum Gasteiger partial charge on any atom is -0.391 e. The summed E-state index contributed by atoms with van der Waals surface area (Å²) in [6, 6.07) is 1.58. The molecule has 0 saturated heterocycles. The van der Waals surface area contributed by atoms with Crippen molar-refractivity contribution in [3.05, 3.63) is 16.3 Å². The van der Waals surface area contributed by atoms with E-state index in [1.165, 1.54) is 17.8 Å². The van der Waals surface area contributed by atoms with E-state index in [1.54, 1.807) is 11.4 Å². The smallest absolute Gasteiger partial charge is 0.242 e. The van der Waals surface area contributed by atoms with Gasteiger partial charge in [-0.2, -0.15) is 0 Å². The number of aliphatic hydroxyl groups is 1. The number of aliphatic hydroxyl groups excluding tert-OH is 1. The zero-order valence-electron chi connectivity index (χ0n) is 10.4.